The molecule has 5 atom stereocenters. The average Bonchev–Trinajstić information content (AvgIpc) is 3.17. The van der Waals surface area contributed by atoms with Crippen LogP contribution in [-0.4, -0.2) is 16.7 Å². The third-order valence-corrected chi connectivity index (χ3v) is 11.2. The molecule has 244 valence electrons. The van der Waals surface area contributed by atoms with Gasteiger partial charge in [0.05, 0.1) is 11.8 Å². The van der Waals surface area contributed by atoms with E-state index in [4.69, 9.17) is 4.99 Å². The van der Waals surface area contributed by atoms with Crippen molar-refractivity contribution in [1.82, 2.24) is 4.98 Å². The van der Waals surface area contributed by atoms with E-state index in [0.29, 0.717) is 23.8 Å². The Balaban J connectivity index is 1.23. The predicted octanol–water partition coefficient (Wildman–Crippen LogP) is 12.0. The van der Waals surface area contributed by atoms with Crippen LogP contribution in [0, 0.1) is 11.8 Å². The van der Waals surface area contributed by atoms with E-state index < -0.39 is 0 Å². The maximum atomic E-state index is 4.99. The van der Waals surface area contributed by atoms with Crippen molar-refractivity contribution in [2.24, 2.45) is 16.8 Å². The normalized spacial score (nSPS) is 25.6. The lowest BCUT2D eigenvalue weighted by atomic mass is 9.75. The second-order valence-electron chi connectivity index (χ2n) is 14.4. The molecule has 0 bridgehead atoms. The van der Waals surface area contributed by atoms with E-state index in [1.165, 1.54) is 60.5 Å². The molecule has 4 aromatic rings. The number of pyridine rings is 1. The van der Waals surface area contributed by atoms with E-state index in [1.54, 1.807) is 0 Å². The van der Waals surface area contributed by atoms with Gasteiger partial charge in [-0.1, -0.05) is 128 Å². The number of nitrogens with zero attached hydrogens (tertiary/aromatic N) is 2. The van der Waals surface area contributed by atoms with E-state index >= 15 is 0 Å². The molecule has 9 rings (SSSR count). The van der Waals surface area contributed by atoms with Gasteiger partial charge >= 0.3 is 0 Å². The Hall–Kier alpha value is -5.34. The standard InChI is InChI=1S/C48H42N2/c1-31-29-37(46-19-9-11-32(2)50-46)25-26-38(31)48-42-16-6-5-15-41(42)47(35-22-20-34(21-23-35)45-18-7-8-28-49-45)43-27-24-36(30-44(43)48)40-17-10-13-33-12-3-4-14-39(33)40/h3-10,12,14-20,22-34,38H,11,13,21H2,1-2H3. The van der Waals surface area contributed by atoms with Gasteiger partial charge < -0.3 is 0 Å². The van der Waals surface area contributed by atoms with Crippen LogP contribution in [0.5, 0.6) is 0 Å². The number of hydrogen-bond donors (Lipinski definition) is 0. The molecule has 50 heavy (non-hydrogen) atoms. The Bertz CT molecular complexity index is 2330. The van der Waals surface area contributed by atoms with E-state index in [2.05, 4.69) is 158 Å². The van der Waals surface area contributed by atoms with Crippen molar-refractivity contribution >= 4 is 38.4 Å². The molecule has 2 heterocycles. The fourth-order valence-corrected chi connectivity index (χ4v) is 8.68. The molecule has 0 fully saturated rings. The second kappa shape index (κ2) is 12.8. The smallest absolute Gasteiger partial charge is 0.0643 e. The first-order chi connectivity index (χ1) is 24.6. The maximum Gasteiger partial charge on any atom is 0.0643 e. The monoisotopic (exact) mass is 646 g/mol. The van der Waals surface area contributed by atoms with Crippen LogP contribution < -0.4 is 0 Å². The van der Waals surface area contributed by atoms with Gasteiger partial charge in [0.1, 0.15) is 0 Å². The molecule has 0 saturated carbocycles. The van der Waals surface area contributed by atoms with Crippen LogP contribution in [0.4, 0.5) is 0 Å². The van der Waals surface area contributed by atoms with Gasteiger partial charge in [-0.15, -0.1) is 0 Å². The van der Waals surface area contributed by atoms with Crippen molar-refractivity contribution in [2.75, 3.05) is 0 Å². The van der Waals surface area contributed by atoms with Gasteiger partial charge in [0, 0.05) is 29.6 Å². The summed E-state index contributed by atoms with van der Waals surface area (Å²) in [7, 11) is 0. The summed E-state index contributed by atoms with van der Waals surface area (Å²) in [6.45, 7) is 4.58. The van der Waals surface area contributed by atoms with Crippen LogP contribution in [0.3, 0.4) is 0 Å². The summed E-state index contributed by atoms with van der Waals surface area (Å²) in [6, 6.07) is 22.9. The maximum absolute atomic E-state index is 4.99. The molecule has 0 N–H and O–H groups in total. The number of aromatic nitrogens is 1. The highest BCUT2D eigenvalue weighted by Gasteiger charge is 2.28. The molecule has 0 saturated heterocycles. The average molecular weight is 647 g/mol. The van der Waals surface area contributed by atoms with Crippen LogP contribution in [0.25, 0.3) is 32.7 Å². The molecule has 2 nitrogen and oxygen atoms in total. The minimum atomic E-state index is 0.232. The molecule has 0 spiro atoms. The quantitative estimate of drug-likeness (QED) is 0.198. The van der Waals surface area contributed by atoms with Crippen molar-refractivity contribution in [2.45, 2.75) is 51.0 Å². The first-order valence-electron chi connectivity index (χ1n) is 18.3. The number of dihydropyridines is 1. The van der Waals surface area contributed by atoms with Gasteiger partial charge in [-0.3, -0.25) is 9.98 Å². The second-order valence-corrected chi connectivity index (χ2v) is 14.4. The summed E-state index contributed by atoms with van der Waals surface area (Å²) in [5.74, 6) is 1.28. The van der Waals surface area contributed by atoms with Crippen LogP contribution in [0.1, 0.15) is 67.3 Å². The lowest BCUT2D eigenvalue weighted by Gasteiger charge is -2.29. The van der Waals surface area contributed by atoms with E-state index in [0.717, 1.165) is 30.7 Å². The molecule has 1 aromatic heterocycles. The highest BCUT2D eigenvalue weighted by molar-refractivity contribution is 6.14. The zero-order valence-electron chi connectivity index (χ0n) is 28.8. The molecule has 1 aliphatic heterocycles. The fourth-order valence-electron chi connectivity index (χ4n) is 8.68. The number of benzene rings is 3. The lowest BCUT2D eigenvalue weighted by molar-refractivity contribution is 0.640. The summed E-state index contributed by atoms with van der Waals surface area (Å²) in [4.78, 5) is 9.66. The van der Waals surface area contributed by atoms with Gasteiger partial charge in [0.15, 0.2) is 0 Å². The van der Waals surface area contributed by atoms with Crippen molar-refractivity contribution < 1.29 is 0 Å². The Morgan fingerprint density at radius 2 is 1.50 bits per heavy atom. The van der Waals surface area contributed by atoms with E-state index in [-0.39, 0.29) is 5.92 Å². The van der Waals surface area contributed by atoms with Gasteiger partial charge in [-0.2, -0.15) is 0 Å². The number of allylic oxidation sites excluding steroid dienone is 17. The molecule has 0 amide bonds. The summed E-state index contributed by atoms with van der Waals surface area (Å²) in [5.41, 5.74) is 11.6. The topological polar surface area (TPSA) is 25.2 Å². The van der Waals surface area contributed by atoms with Gasteiger partial charge in [-0.05, 0) is 117 Å². The molecule has 5 aliphatic rings. The van der Waals surface area contributed by atoms with Gasteiger partial charge in [-0.25, -0.2) is 0 Å². The minimum absolute atomic E-state index is 0.232. The highest BCUT2D eigenvalue weighted by Crippen LogP contribution is 2.47. The molecule has 2 heteroatoms. The molecule has 0 radical (unpaired) electrons. The zero-order valence-corrected chi connectivity index (χ0v) is 28.8. The van der Waals surface area contributed by atoms with Crippen LogP contribution >= 0.6 is 0 Å². The SMILES string of the molecule is CC1CC=CC(C2=CC(C)C(c3c4ccccc4c(C4=CCC(c5ccccn5)C=C4)c4ccc(C5=C6C=CC=CC6CC=C5)cc34)C=C2)=N1. The number of fused-ring (bicyclic) bond motifs is 3. The van der Waals surface area contributed by atoms with Crippen LogP contribution in [0.2, 0.25) is 0 Å². The van der Waals surface area contributed by atoms with Gasteiger partial charge in [0.2, 0.25) is 0 Å². The third kappa shape index (κ3) is 5.44. The molecule has 4 aliphatic carbocycles. The van der Waals surface area contributed by atoms with Crippen LogP contribution in [-0.2, 0) is 0 Å². The molecular formula is C48H42N2. The first kappa shape index (κ1) is 30.7. The summed E-state index contributed by atoms with van der Waals surface area (Å²) < 4.78 is 0. The van der Waals surface area contributed by atoms with Crippen LogP contribution in [0.15, 0.2) is 168 Å². The van der Waals surface area contributed by atoms with Crippen molar-refractivity contribution in [3.63, 3.8) is 0 Å². The largest absolute Gasteiger partial charge is 0.281 e. The van der Waals surface area contributed by atoms with Crippen molar-refractivity contribution in [3.05, 3.63) is 185 Å². The first-order valence-corrected chi connectivity index (χ1v) is 18.3. The van der Waals surface area contributed by atoms with E-state index in [9.17, 15) is 0 Å². The number of rotatable bonds is 5. The zero-order chi connectivity index (χ0) is 33.6. The molecule has 3 aromatic carbocycles. The predicted molar refractivity (Wildman–Crippen MR) is 212 cm³/mol. The third-order valence-electron chi connectivity index (χ3n) is 11.2. The Kier molecular flexibility index (Phi) is 7.88. The lowest BCUT2D eigenvalue weighted by Crippen LogP contribution is -2.16. The summed E-state index contributed by atoms with van der Waals surface area (Å²) >= 11 is 0. The molecule has 5 unspecified atom stereocenters. The summed E-state index contributed by atoms with van der Waals surface area (Å²) in [6.07, 6.45) is 37.5. The molecular weight excluding hydrogens is 605 g/mol. The fraction of sp³-hybridized carbons (Fsp3) is 0.208. The highest BCUT2D eigenvalue weighted by atomic mass is 14.8. The number of hydrogen-bond acceptors (Lipinski definition) is 2. The van der Waals surface area contributed by atoms with E-state index in [1.807, 2.05) is 12.3 Å². The Morgan fingerprint density at radius 3 is 2.32 bits per heavy atom. The Labute approximate surface area is 295 Å². The number of aliphatic imine (C=N–C) groups is 1. The van der Waals surface area contributed by atoms with Gasteiger partial charge in [0.25, 0.3) is 0 Å². The Morgan fingerprint density at radius 1 is 0.660 bits per heavy atom. The van der Waals surface area contributed by atoms with Crippen molar-refractivity contribution in [3.8, 4) is 0 Å². The minimum Gasteiger partial charge on any atom is -0.281 e. The van der Waals surface area contributed by atoms with Crippen molar-refractivity contribution in [1.29, 1.82) is 0 Å². The summed E-state index contributed by atoms with van der Waals surface area (Å²) in [5, 5.41) is 5.32.